The van der Waals surface area contributed by atoms with E-state index in [0.29, 0.717) is 6.54 Å². The van der Waals surface area contributed by atoms with Gasteiger partial charge in [-0.25, -0.2) is 9.97 Å². The summed E-state index contributed by atoms with van der Waals surface area (Å²) in [6, 6.07) is 1.87. The van der Waals surface area contributed by atoms with Gasteiger partial charge in [0.05, 0.1) is 5.60 Å². The van der Waals surface area contributed by atoms with Gasteiger partial charge in [-0.1, -0.05) is 13.3 Å². The van der Waals surface area contributed by atoms with Gasteiger partial charge in [-0.2, -0.15) is 0 Å². The molecule has 112 valence electrons. The lowest BCUT2D eigenvalue weighted by Crippen LogP contribution is -2.40. The Bertz CT molecular complexity index is 441. The molecule has 0 saturated heterocycles. The molecule has 5 heteroatoms. The van der Waals surface area contributed by atoms with E-state index in [1.54, 1.807) is 0 Å². The molecular formula is C15H26N4O. The number of hydrogen-bond acceptors (Lipinski definition) is 5. The summed E-state index contributed by atoms with van der Waals surface area (Å²) in [5.74, 6) is 3.07. The number of aliphatic hydroxyl groups is 1. The van der Waals surface area contributed by atoms with Crippen molar-refractivity contribution in [3.63, 3.8) is 0 Å². The van der Waals surface area contributed by atoms with E-state index < -0.39 is 5.60 Å². The molecule has 0 aliphatic heterocycles. The van der Waals surface area contributed by atoms with Crippen molar-refractivity contribution in [2.75, 3.05) is 24.2 Å². The molecule has 0 unspecified atom stereocenters. The molecule has 1 aromatic rings. The summed E-state index contributed by atoms with van der Waals surface area (Å²) in [5, 5.41) is 16.9. The van der Waals surface area contributed by atoms with Crippen molar-refractivity contribution in [3.05, 3.63) is 11.9 Å². The zero-order chi connectivity index (χ0) is 14.6. The van der Waals surface area contributed by atoms with Crippen molar-refractivity contribution in [2.24, 2.45) is 5.92 Å². The molecule has 5 nitrogen and oxygen atoms in total. The fourth-order valence-electron chi connectivity index (χ4n) is 2.84. The van der Waals surface area contributed by atoms with Crippen LogP contribution in [0.2, 0.25) is 0 Å². The number of rotatable bonds is 5. The van der Waals surface area contributed by atoms with Crippen molar-refractivity contribution in [2.45, 2.75) is 51.6 Å². The summed E-state index contributed by atoms with van der Waals surface area (Å²) in [6.07, 6.45) is 5.22. The highest BCUT2D eigenvalue weighted by atomic mass is 16.3. The van der Waals surface area contributed by atoms with Gasteiger partial charge in [-0.15, -0.1) is 0 Å². The minimum absolute atomic E-state index is 0.559. The molecule has 1 aliphatic carbocycles. The summed E-state index contributed by atoms with van der Waals surface area (Å²) < 4.78 is 0. The van der Waals surface area contributed by atoms with Crippen LogP contribution < -0.4 is 10.6 Å². The quantitative estimate of drug-likeness (QED) is 0.772. The largest absolute Gasteiger partial charge is 0.388 e. The first kappa shape index (κ1) is 15.0. The van der Waals surface area contributed by atoms with Crippen LogP contribution in [0.15, 0.2) is 6.07 Å². The molecule has 1 saturated carbocycles. The van der Waals surface area contributed by atoms with E-state index in [4.69, 9.17) is 0 Å². The SMILES string of the molecule is CCC1CCC(O)(CNc2cc(NC)nc(C)n2)CC1. The third-order valence-corrected chi connectivity index (χ3v) is 4.31. The molecule has 0 aromatic carbocycles. The molecular weight excluding hydrogens is 252 g/mol. The van der Waals surface area contributed by atoms with Crippen molar-refractivity contribution < 1.29 is 5.11 Å². The van der Waals surface area contributed by atoms with E-state index in [-0.39, 0.29) is 0 Å². The van der Waals surface area contributed by atoms with Crippen LogP contribution >= 0.6 is 0 Å². The Morgan fingerprint density at radius 2 is 1.95 bits per heavy atom. The Morgan fingerprint density at radius 3 is 2.55 bits per heavy atom. The number of hydrogen-bond donors (Lipinski definition) is 3. The number of aromatic nitrogens is 2. The van der Waals surface area contributed by atoms with Gasteiger partial charge >= 0.3 is 0 Å². The van der Waals surface area contributed by atoms with Gasteiger partial charge < -0.3 is 15.7 Å². The van der Waals surface area contributed by atoms with E-state index in [9.17, 15) is 5.11 Å². The third-order valence-electron chi connectivity index (χ3n) is 4.31. The minimum atomic E-state index is -0.593. The second kappa shape index (κ2) is 6.39. The molecule has 1 heterocycles. The smallest absolute Gasteiger partial charge is 0.131 e. The molecule has 0 amide bonds. The average Bonchev–Trinajstić information content (AvgIpc) is 2.45. The Hall–Kier alpha value is -1.36. The van der Waals surface area contributed by atoms with Crippen molar-refractivity contribution in [1.29, 1.82) is 0 Å². The van der Waals surface area contributed by atoms with E-state index in [1.807, 2.05) is 20.0 Å². The molecule has 0 radical (unpaired) electrons. The summed E-state index contributed by atoms with van der Waals surface area (Å²) >= 11 is 0. The van der Waals surface area contributed by atoms with Crippen LogP contribution in [0, 0.1) is 12.8 Å². The molecule has 0 bridgehead atoms. The highest BCUT2D eigenvalue weighted by molar-refractivity contribution is 5.47. The first-order chi connectivity index (χ1) is 9.54. The normalized spacial score (nSPS) is 26.3. The molecule has 0 spiro atoms. The van der Waals surface area contributed by atoms with Crippen LogP contribution in [0.5, 0.6) is 0 Å². The molecule has 2 rings (SSSR count). The zero-order valence-corrected chi connectivity index (χ0v) is 12.7. The van der Waals surface area contributed by atoms with Crippen molar-refractivity contribution in [1.82, 2.24) is 9.97 Å². The van der Waals surface area contributed by atoms with Crippen molar-refractivity contribution >= 4 is 11.6 Å². The zero-order valence-electron chi connectivity index (χ0n) is 12.7. The fourth-order valence-corrected chi connectivity index (χ4v) is 2.84. The first-order valence-electron chi connectivity index (χ1n) is 7.54. The molecule has 20 heavy (non-hydrogen) atoms. The molecule has 1 aromatic heterocycles. The number of anilines is 2. The maximum atomic E-state index is 10.6. The lowest BCUT2D eigenvalue weighted by molar-refractivity contribution is 0.00222. The lowest BCUT2D eigenvalue weighted by atomic mass is 9.78. The van der Waals surface area contributed by atoms with Gasteiger partial charge in [0.1, 0.15) is 17.5 Å². The third kappa shape index (κ3) is 3.82. The van der Waals surface area contributed by atoms with E-state index >= 15 is 0 Å². The Labute approximate surface area is 121 Å². The predicted octanol–water partition coefficient (Wildman–Crippen LogP) is 2.57. The fraction of sp³-hybridized carbons (Fsp3) is 0.733. The molecule has 1 aliphatic rings. The van der Waals surface area contributed by atoms with Crippen LogP contribution in [0.1, 0.15) is 44.9 Å². The second-order valence-corrected chi connectivity index (χ2v) is 5.87. The lowest BCUT2D eigenvalue weighted by Gasteiger charge is -2.36. The summed E-state index contributed by atoms with van der Waals surface area (Å²) in [6.45, 7) is 4.66. The number of aryl methyl sites for hydroxylation is 1. The number of nitrogens with one attached hydrogen (secondary N) is 2. The average molecular weight is 278 g/mol. The summed E-state index contributed by atoms with van der Waals surface area (Å²) in [5.41, 5.74) is -0.593. The minimum Gasteiger partial charge on any atom is -0.388 e. The van der Waals surface area contributed by atoms with Gasteiger partial charge in [0.15, 0.2) is 0 Å². The van der Waals surface area contributed by atoms with E-state index in [2.05, 4.69) is 27.5 Å². The van der Waals surface area contributed by atoms with Crippen molar-refractivity contribution in [3.8, 4) is 0 Å². The van der Waals surface area contributed by atoms with Gasteiger partial charge in [-0.05, 0) is 38.5 Å². The number of nitrogens with zero attached hydrogens (tertiary/aromatic N) is 2. The van der Waals surface area contributed by atoms with Gasteiger partial charge in [-0.3, -0.25) is 0 Å². The van der Waals surface area contributed by atoms with E-state index in [1.165, 1.54) is 6.42 Å². The monoisotopic (exact) mass is 278 g/mol. The Morgan fingerprint density at radius 1 is 1.30 bits per heavy atom. The standard InChI is InChI=1S/C15H26N4O/c1-4-12-5-7-15(20,8-6-12)10-17-14-9-13(16-3)18-11(2)19-14/h9,12,20H,4-8,10H2,1-3H3,(H2,16,17,18,19). The maximum Gasteiger partial charge on any atom is 0.131 e. The van der Waals surface area contributed by atoms with Crippen LogP contribution in [0.4, 0.5) is 11.6 Å². The summed E-state index contributed by atoms with van der Waals surface area (Å²) in [7, 11) is 1.84. The van der Waals surface area contributed by atoms with Gasteiger partial charge in [0, 0.05) is 19.7 Å². The van der Waals surface area contributed by atoms with Gasteiger partial charge in [0.2, 0.25) is 0 Å². The Balaban J connectivity index is 1.93. The highest BCUT2D eigenvalue weighted by Gasteiger charge is 2.32. The summed E-state index contributed by atoms with van der Waals surface area (Å²) in [4.78, 5) is 8.62. The van der Waals surface area contributed by atoms with Crippen LogP contribution in [0.3, 0.4) is 0 Å². The molecule has 3 N–H and O–H groups in total. The molecule has 0 atom stereocenters. The molecule has 1 fully saturated rings. The first-order valence-corrected chi connectivity index (χ1v) is 7.54. The highest BCUT2D eigenvalue weighted by Crippen LogP contribution is 2.33. The topological polar surface area (TPSA) is 70.1 Å². The van der Waals surface area contributed by atoms with Crippen LogP contribution in [-0.4, -0.2) is 34.3 Å². The maximum absolute atomic E-state index is 10.6. The van der Waals surface area contributed by atoms with Gasteiger partial charge in [0.25, 0.3) is 0 Å². The Kier molecular flexibility index (Phi) is 4.81. The second-order valence-electron chi connectivity index (χ2n) is 5.87. The van der Waals surface area contributed by atoms with Crippen LogP contribution in [-0.2, 0) is 0 Å². The van der Waals surface area contributed by atoms with E-state index in [0.717, 1.165) is 49.1 Å². The predicted molar refractivity (Wildman–Crippen MR) is 82.0 cm³/mol. The van der Waals surface area contributed by atoms with Crippen LogP contribution in [0.25, 0.3) is 0 Å².